The predicted molar refractivity (Wildman–Crippen MR) is 216 cm³/mol. The molecule has 2 heterocycles. The molecule has 290 valence electrons. The zero-order valence-electron chi connectivity index (χ0n) is 31.0. The van der Waals surface area contributed by atoms with Crippen LogP contribution < -0.4 is 0 Å². The van der Waals surface area contributed by atoms with E-state index in [0.717, 1.165) is 26.5 Å². The zero-order chi connectivity index (χ0) is 38.4. The van der Waals surface area contributed by atoms with E-state index in [9.17, 15) is 15.3 Å². The number of benzene rings is 5. The number of ether oxygens (including phenoxy) is 5. The van der Waals surface area contributed by atoms with Crippen molar-refractivity contribution in [3.8, 4) is 0 Å². The fourth-order valence-corrected chi connectivity index (χ4v) is 8.66. The van der Waals surface area contributed by atoms with Gasteiger partial charge in [-0.1, -0.05) is 151 Å². The minimum atomic E-state index is -0.987. The molecule has 3 N–H and O–H groups in total. The summed E-state index contributed by atoms with van der Waals surface area (Å²) in [5, 5.41) is 31.5. The molecule has 5 aromatic rings. The van der Waals surface area contributed by atoms with Crippen LogP contribution in [0.15, 0.2) is 161 Å². The Hall–Kier alpha value is -3.52. The first-order valence-corrected chi connectivity index (χ1v) is 20.4. The molecule has 0 radical (unpaired) electrons. The lowest BCUT2D eigenvalue weighted by atomic mass is 10.00. The Morgan fingerprint density at radius 1 is 0.418 bits per heavy atom. The molecule has 0 aromatic heterocycles. The Morgan fingerprint density at radius 2 is 0.745 bits per heavy atom. The molecule has 2 saturated heterocycles. The topological polar surface area (TPSA) is 107 Å². The molecule has 8 nitrogen and oxygen atoms in total. The Bertz CT molecular complexity index is 1790. The number of hydrogen-bond donors (Lipinski definition) is 3. The second kappa shape index (κ2) is 21.1. The summed E-state index contributed by atoms with van der Waals surface area (Å²) in [6, 6.07) is 49.7. The van der Waals surface area contributed by atoms with E-state index in [2.05, 4.69) is 12.1 Å². The summed E-state index contributed by atoms with van der Waals surface area (Å²) >= 11 is 3.10. The van der Waals surface area contributed by atoms with Gasteiger partial charge in [-0.15, -0.1) is 0 Å². The summed E-state index contributed by atoms with van der Waals surface area (Å²) in [7, 11) is 0. The lowest BCUT2D eigenvalue weighted by Crippen LogP contribution is -2.57. The maximum atomic E-state index is 10.9. The van der Waals surface area contributed by atoms with Crippen molar-refractivity contribution in [1.82, 2.24) is 0 Å². The second-order valence-corrected chi connectivity index (χ2v) is 15.9. The third-order valence-corrected chi connectivity index (χ3v) is 11.7. The van der Waals surface area contributed by atoms with E-state index in [1.165, 1.54) is 11.8 Å². The third kappa shape index (κ3) is 12.0. The molecule has 55 heavy (non-hydrogen) atoms. The fourth-order valence-electron chi connectivity index (χ4n) is 6.29. The minimum Gasteiger partial charge on any atom is -0.388 e. The quantitative estimate of drug-likeness (QED) is 0.109. The highest BCUT2D eigenvalue weighted by Crippen LogP contribution is 2.37. The lowest BCUT2D eigenvalue weighted by Gasteiger charge is -2.43. The van der Waals surface area contributed by atoms with Gasteiger partial charge in [0.05, 0.1) is 32.0 Å². The maximum absolute atomic E-state index is 10.9. The Kier molecular flexibility index (Phi) is 15.8. The van der Waals surface area contributed by atoms with Crippen LogP contribution in [-0.2, 0) is 43.5 Å². The van der Waals surface area contributed by atoms with E-state index >= 15 is 0 Å². The second-order valence-electron chi connectivity index (χ2n) is 13.5. The molecule has 0 bridgehead atoms. The minimum absolute atomic E-state index is 0.301. The molecule has 0 aliphatic carbocycles. The van der Waals surface area contributed by atoms with Gasteiger partial charge >= 0.3 is 0 Å². The standard InChI is InChI=1S/C26H28O4S.C19H22O4S/c1-19-23(27)24(28-17-20-11-5-2-6-12-20)25(29-18-21-13-7-3-8-14-21)26(30-19)31-22-15-9-4-10-16-22;1-13-16(20)17(21)18(22-12-14-8-4-2-5-9-14)19(23-13)24-15-10-6-3-7-11-15/h2-16,19,23-27H,17-18H2,1H3;2-11,13,16-21H,12H2,1H3/t19?,23-,24+,25?,26-;13?,16-,17+,18?,19-/m11/s1. The molecule has 2 aliphatic heterocycles. The number of rotatable bonds is 13. The van der Waals surface area contributed by atoms with Crippen LogP contribution in [0.5, 0.6) is 0 Å². The number of thioether (sulfide) groups is 2. The zero-order valence-corrected chi connectivity index (χ0v) is 32.7. The normalized spacial score (nSPS) is 27.8. The Morgan fingerprint density at radius 3 is 1.16 bits per heavy atom. The molecule has 2 aliphatic rings. The van der Waals surface area contributed by atoms with Crippen molar-refractivity contribution in [3.05, 3.63) is 168 Å². The van der Waals surface area contributed by atoms with Crippen molar-refractivity contribution in [1.29, 1.82) is 0 Å². The Labute approximate surface area is 332 Å². The van der Waals surface area contributed by atoms with Crippen molar-refractivity contribution in [2.45, 2.75) is 103 Å². The van der Waals surface area contributed by atoms with Gasteiger partial charge < -0.3 is 39.0 Å². The van der Waals surface area contributed by atoms with Crippen molar-refractivity contribution >= 4 is 23.5 Å². The first-order valence-electron chi connectivity index (χ1n) is 18.6. The van der Waals surface area contributed by atoms with Crippen LogP contribution in [0.1, 0.15) is 30.5 Å². The molecule has 10 heteroatoms. The smallest absolute Gasteiger partial charge is 0.136 e. The average Bonchev–Trinajstić information content (AvgIpc) is 3.22. The molecular weight excluding hydrogens is 733 g/mol. The summed E-state index contributed by atoms with van der Waals surface area (Å²) in [6.07, 6.45) is -5.08. The fraction of sp³-hybridized carbons (Fsp3) is 0.333. The molecule has 0 amide bonds. The summed E-state index contributed by atoms with van der Waals surface area (Å²) in [4.78, 5) is 2.12. The third-order valence-electron chi connectivity index (χ3n) is 9.39. The van der Waals surface area contributed by atoms with Crippen LogP contribution in [0.2, 0.25) is 0 Å². The molecule has 2 fully saturated rings. The van der Waals surface area contributed by atoms with Crippen LogP contribution in [0, 0.1) is 0 Å². The van der Waals surface area contributed by atoms with Gasteiger partial charge in [0, 0.05) is 9.79 Å². The molecule has 7 rings (SSSR count). The summed E-state index contributed by atoms with van der Waals surface area (Å²) in [5.41, 5.74) is 2.46. The van der Waals surface area contributed by atoms with Gasteiger partial charge in [-0.3, -0.25) is 0 Å². The van der Waals surface area contributed by atoms with E-state index in [4.69, 9.17) is 23.7 Å². The predicted octanol–water partition coefficient (Wildman–Crippen LogP) is 7.89. The van der Waals surface area contributed by atoms with Gasteiger partial charge in [-0.05, 0) is 54.8 Å². The van der Waals surface area contributed by atoms with Gasteiger partial charge in [0.1, 0.15) is 47.5 Å². The highest BCUT2D eigenvalue weighted by molar-refractivity contribution is 8.00. The van der Waals surface area contributed by atoms with Gasteiger partial charge in [-0.25, -0.2) is 0 Å². The summed E-state index contributed by atoms with van der Waals surface area (Å²) in [5.74, 6) is 0. The van der Waals surface area contributed by atoms with E-state index in [0.29, 0.717) is 19.8 Å². The number of aliphatic hydroxyl groups excluding tert-OH is 3. The van der Waals surface area contributed by atoms with Gasteiger partial charge in [0.15, 0.2) is 0 Å². The van der Waals surface area contributed by atoms with E-state index in [-0.39, 0.29) is 17.0 Å². The SMILES string of the molecule is CC1O[C@H](Sc2ccccc2)C(OCc2ccccc2)[C@@H](O)[C@@H]1O.CC1O[C@H](Sc2ccccc2)C(OCc2ccccc2)[C@@H](OCc2ccccc2)[C@@H]1O. The van der Waals surface area contributed by atoms with Crippen LogP contribution in [0.25, 0.3) is 0 Å². The van der Waals surface area contributed by atoms with Crippen molar-refractivity contribution in [2.75, 3.05) is 0 Å². The highest BCUT2D eigenvalue weighted by Gasteiger charge is 2.46. The lowest BCUT2D eigenvalue weighted by molar-refractivity contribution is -0.228. The van der Waals surface area contributed by atoms with Gasteiger partial charge in [0.2, 0.25) is 0 Å². The van der Waals surface area contributed by atoms with E-state index < -0.39 is 42.7 Å². The molecule has 5 aromatic carbocycles. The van der Waals surface area contributed by atoms with Gasteiger partial charge in [-0.2, -0.15) is 0 Å². The molecule has 0 spiro atoms. The first kappa shape index (κ1) is 41.1. The van der Waals surface area contributed by atoms with Gasteiger partial charge in [0.25, 0.3) is 0 Å². The average molecular weight is 783 g/mol. The number of hydrogen-bond acceptors (Lipinski definition) is 10. The highest BCUT2D eigenvalue weighted by atomic mass is 32.2. The largest absolute Gasteiger partial charge is 0.388 e. The summed E-state index contributed by atoms with van der Waals surface area (Å²) < 4.78 is 30.6. The van der Waals surface area contributed by atoms with E-state index in [1.807, 2.05) is 146 Å². The number of aliphatic hydroxyl groups is 3. The monoisotopic (exact) mass is 782 g/mol. The van der Waals surface area contributed by atoms with Crippen molar-refractivity contribution in [3.63, 3.8) is 0 Å². The molecule has 10 atom stereocenters. The maximum Gasteiger partial charge on any atom is 0.136 e. The van der Waals surface area contributed by atoms with E-state index in [1.54, 1.807) is 18.7 Å². The van der Waals surface area contributed by atoms with Crippen molar-refractivity contribution < 1.29 is 39.0 Å². The van der Waals surface area contributed by atoms with Crippen LogP contribution >= 0.6 is 23.5 Å². The van der Waals surface area contributed by atoms with Crippen molar-refractivity contribution in [2.24, 2.45) is 0 Å². The molecule has 0 saturated carbocycles. The first-order chi connectivity index (χ1) is 26.9. The molecular formula is C45H50O8S2. The summed E-state index contributed by atoms with van der Waals surface area (Å²) in [6.45, 7) is 4.84. The van der Waals surface area contributed by atoms with Crippen LogP contribution in [0.3, 0.4) is 0 Å². The Balaban J connectivity index is 0.000000193. The van der Waals surface area contributed by atoms with Crippen LogP contribution in [0.4, 0.5) is 0 Å². The molecule has 4 unspecified atom stereocenters. The van der Waals surface area contributed by atoms with Crippen LogP contribution in [-0.4, -0.2) is 75.0 Å².